The van der Waals surface area contributed by atoms with Gasteiger partial charge in [0, 0.05) is 24.2 Å². The Balaban J connectivity index is 1.68. The Morgan fingerprint density at radius 3 is 2.76 bits per heavy atom. The van der Waals surface area contributed by atoms with Gasteiger partial charge in [0.2, 0.25) is 5.89 Å². The molecule has 3 aromatic heterocycles. The lowest BCUT2D eigenvalue weighted by Gasteiger charge is -2.14. The molecule has 0 saturated heterocycles. The fourth-order valence-corrected chi connectivity index (χ4v) is 4.50. The highest BCUT2D eigenvalue weighted by Gasteiger charge is 2.29. The predicted molar refractivity (Wildman–Crippen MR) is 93.2 cm³/mol. The standard InChI is InChI=1S/C18H19N3O3S/c1-11(16-20-19-12(2)24-16)23-18(22)15-13-7-3-4-8-14(13)25-17(15)21-9-5-6-10-21/h5-6,9-11H,3-4,7-8H2,1-2H3. The monoisotopic (exact) mass is 357 g/mol. The lowest BCUT2D eigenvalue weighted by molar-refractivity contribution is 0.0276. The number of rotatable bonds is 4. The van der Waals surface area contributed by atoms with Crippen molar-refractivity contribution in [2.75, 3.05) is 0 Å². The Morgan fingerprint density at radius 2 is 2.04 bits per heavy atom. The molecule has 0 N–H and O–H groups in total. The highest BCUT2D eigenvalue weighted by molar-refractivity contribution is 7.15. The van der Waals surface area contributed by atoms with Crippen molar-refractivity contribution in [1.29, 1.82) is 0 Å². The Bertz CT molecular complexity index is 895. The molecule has 0 radical (unpaired) electrons. The second-order valence-corrected chi connectivity index (χ2v) is 7.27. The molecule has 0 bridgehead atoms. The minimum Gasteiger partial charge on any atom is -0.449 e. The van der Waals surface area contributed by atoms with Crippen LogP contribution in [0.4, 0.5) is 0 Å². The van der Waals surface area contributed by atoms with E-state index in [0.717, 1.165) is 29.8 Å². The molecule has 25 heavy (non-hydrogen) atoms. The largest absolute Gasteiger partial charge is 0.449 e. The number of fused-ring (bicyclic) bond motifs is 1. The highest BCUT2D eigenvalue weighted by Crippen LogP contribution is 2.38. The Hall–Kier alpha value is -2.41. The van der Waals surface area contributed by atoms with Crippen molar-refractivity contribution < 1.29 is 13.9 Å². The van der Waals surface area contributed by atoms with Gasteiger partial charge < -0.3 is 13.7 Å². The molecule has 1 atom stereocenters. The zero-order chi connectivity index (χ0) is 17.4. The third-order valence-corrected chi connectivity index (χ3v) is 5.67. The fraction of sp³-hybridized carbons (Fsp3) is 0.389. The summed E-state index contributed by atoms with van der Waals surface area (Å²) in [5, 5.41) is 8.67. The number of esters is 1. The van der Waals surface area contributed by atoms with Gasteiger partial charge in [0.15, 0.2) is 6.10 Å². The summed E-state index contributed by atoms with van der Waals surface area (Å²) in [7, 11) is 0. The summed E-state index contributed by atoms with van der Waals surface area (Å²) >= 11 is 1.69. The lowest BCUT2D eigenvalue weighted by atomic mass is 9.95. The number of aryl methyl sites for hydroxylation is 2. The summed E-state index contributed by atoms with van der Waals surface area (Å²) in [6.45, 7) is 3.46. The van der Waals surface area contributed by atoms with Crippen LogP contribution in [-0.2, 0) is 17.6 Å². The molecule has 1 aliphatic rings. The number of nitrogens with zero attached hydrogens (tertiary/aromatic N) is 3. The fourth-order valence-electron chi connectivity index (χ4n) is 3.16. The van der Waals surface area contributed by atoms with E-state index in [-0.39, 0.29) is 5.97 Å². The number of thiophene rings is 1. The molecule has 1 unspecified atom stereocenters. The molecule has 130 valence electrons. The van der Waals surface area contributed by atoms with Crippen molar-refractivity contribution >= 4 is 17.3 Å². The van der Waals surface area contributed by atoms with Crippen LogP contribution in [0.3, 0.4) is 0 Å². The minimum absolute atomic E-state index is 0.317. The molecule has 0 spiro atoms. The predicted octanol–water partition coefficient (Wildman–Crippen LogP) is 4.03. The van der Waals surface area contributed by atoms with E-state index in [1.807, 2.05) is 29.1 Å². The lowest BCUT2D eigenvalue weighted by Crippen LogP contribution is -2.14. The summed E-state index contributed by atoms with van der Waals surface area (Å²) in [5.74, 6) is 0.447. The molecule has 4 rings (SSSR count). The maximum absolute atomic E-state index is 13.0. The van der Waals surface area contributed by atoms with Gasteiger partial charge in [-0.25, -0.2) is 4.79 Å². The minimum atomic E-state index is -0.578. The highest BCUT2D eigenvalue weighted by atomic mass is 32.1. The van der Waals surface area contributed by atoms with Crippen molar-refractivity contribution in [1.82, 2.24) is 14.8 Å². The van der Waals surface area contributed by atoms with Crippen LogP contribution >= 0.6 is 11.3 Å². The van der Waals surface area contributed by atoms with Gasteiger partial charge in [0.05, 0.1) is 5.56 Å². The first-order chi connectivity index (χ1) is 12.1. The molecule has 1 aliphatic carbocycles. The van der Waals surface area contributed by atoms with Crippen LogP contribution in [0, 0.1) is 6.92 Å². The van der Waals surface area contributed by atoms with Crippen LogP contribution in [0.25, 0.3) is 5.00 Å². The quantitative estimate of drug-likeness (QED) is 0.659. The third kappa shape index (κ3) is 3.00. The van der Waals surface area contributed by atoms with Crippen LogP contribution in [0.15, 0.2) is 28.9 Å². The smallest absolute Gasteiger partial charge is 0.342 e. The van der Waals surface area contributed by atoms with E-state index in [2.05, 4.69) is 10.2 Å². The molecular formula is C18H19N3O3S. The van der Waals surface area contributed by atoms with Crippen molar-refractivity contribution in [3.63, 3.8) is 0 Å². The molecule has 0 aliphatic heterocycles. The van der Waals surface area contributed by atoms with Gasteiger partial charge in [-0.1, -0.05) is 0 Å². The summed E-state index contributed by atoms with van der Waals surface area (Å²) in [4.78, 5) is 14.3. The summed E-state index contributed by atoms with van der Waals surface area (Å²) in [5.41, 5.74) is 1.82. The number of hydrogen-bond donors (Lipinski definition) is 0. The second-order valence-electron chi connectivity index (χ2n) is 6.19. The first-order valence-corrected chi connectivity index (χ1v) is 9.24. The summed E-state index contributed by atoms with van der Waals surface area (Å²) in [6, 6.07) is 3.91. The van der Waals surface area contributed by atoms with Crippen molar-refractivity contribution in [3.05, 3.63) is 52.3 Å². The van der Waals surface area contributed by atoms with Crippen molar-refractivity contribution in [2.24, 2.45) is 0 Å². The number of carbonyl (C=O) groups excluding carboxylic acids is 1. The van der Waals surface area contributed by atoms with E-state index >= 15 is 0 Å². The molecule has 7 heteroatoms. The van der Waals surface area contributed by atoms with Gasteiger partial charge >= 0.3 is 5.97 Å². The zero-order valence-electron chi connectivity index (χ0n) is 14.2. The van der Waals surface area contributed by atoms with Crippen molar-refractivity contribution in [3.8, 4) is 5.00 Å². The average molecular weight is 357 g/mol. The van der Waals surface area contributed by atoms with Gasteiger partial charge in [-0.2, -0.15) is 0 Å². The van der Waals surface area contributed by atoms with Gasteiger partial charge in [0.25, 0.3) is 5.89 Å². The SMILES string of the molecule is Cc1nnc(C(C)OC(=O)c2c(-n3cccc3)sc3c2CCCC3)o1. The number of carbonyl (C=O) groups is 1. The van der Waals surface area contributed by atoms with E-state index in [9.17, 15) is 4.79 Å². The molecule has 0 fully saturated rings. The topological polar surface area (TPSA) is 70.2 Å². The first-order valence-electron chi connectivity index (χ1n) is 8.42. The average Bonchev–Trinajstić information content (AvgIpc) is 3.33. The summed E-state index contributed by atoms with van der Waals surface area (Å²) in [6.07, 6.45) is 7.56. The number of hydrogen-bond acceptors (Lipinski definition) is 6. The molecule has 6 nitrogen and oxygen atoms in total. The molecule has 0 saturated carbocycles. The Kier molecular flexibility index (Phi) is 4.17. The van der Waals surface area contributed by atoms with E-state index in [1.165, 1.54) is 11.3 Å². The van der Waals surface area contributed by atoms with Gasteiger partial charge in [0.1, 0.15) is 5.00 Å². The zero-order valence-corrected chi connectivity index (χ0v) is 15.0. The van der Waals surface area contributed by atoms with Crippen LogP contribution in [-0.4, -0.2) is 20.7 Å². The van der Waals surface area contributed by atoms with E-state index in [0.29, 0.717) is 17.3 Å². The van der Waals surface area contributed by atoms with E-state index in [1.54, 1.807) is 25.2 Å². The van der Waals surface area contributed by atoms with Crippen LogP contribution in [0.2, 0.25) is 0 Å². The van der Waals surface area contributed by atoms with Crippen molar-refractivity contribution in [2.45, 2.75) is 45.6 Å². The Labute approximate surface area is 149 Å². The van der Waals surface area contributed by atoms with Crippen LogP contribution < -0.4 is 0 Å². The number of aromatic nitrogens is 3. The molecular weight excluding hydrogens is 338 g/mol. The normalized spacial score (nSPS) is 15.0. The van der Waals surface area contributed by atoms with Crippen LogP contribution in [0.5, 0.6) is 0 Å². The molecule has 3 heterocycles. The van der Waals surface area contributed by atoms with Gasteiger partial charge in [-0.05, 0) is 50.3 Å². The number of ether oxygens (including phenoxy) is 1. The summed E-state index contributed by atoms with van der Waals surface area (Å²) < 4.78 is 13.0. The maximum Gasteiger partial charge on any atom is 0.342 e. The van der Waals surface area contributed by atoms with E-state index in [4.69, 9.17) is 9.15 Å². The first kappa shape index (κ1) is 16.1. The molecule has 0 aromatic carbocycles. The Morgan fingerprint density at radius 1 is 1.28 bits per heavy atom. The van der Waals surface area contributed by atoms with Gasteiger partial charge in [-0.15, -0.1) is 21.5 Å². The van der Waals surface area contributed by atoms with Gasteiger partial charge in [-0.3, -0.25) is 0 Å². The maximum atomic E-state index is 13.0. The molecule has 3 aromatic rings. The third-order valence-electron chi connectivity index (χ3n) is 4.37. The second kappa shape index (κ2) is 6.48. The van der Waals surface area contributed by atoms with E-state index < -0.39 is 6.10 Å². The molecule has 0 amide bonds. The van der Waals surface area contributed by atoms with Crippen LogP contribution in [0.1, 0.15) is 58.4 Å².